The fourth-order valence-electron chi connectivity index (χ4n) is 3.35. The molecule has 2 heterocycles. The number of aromatic nitrogens is 2. The van der Waals surface area contributed by atoms with Crippen LogP contribution in [0.25, 0.3) is 11.4 Å². The van der Waals surface area contributed by atoms with Gasteiger partial charge in [-0.3, -0.25) is 15.0 Å². The summed E-state index contributed by atoms with van der Waals surface area (Å²) >= 11 is 0. The second kappa shape index (κ2) is 8.53. The third-order valence-corrected chi connectivity index (χ3v) is 7.07. The lowest BCUT2D eigenvalue weighted by Crippen LogP contribution is -2.48. The molecule has 0 aliphatic carbocycles. The summed E-state index contributed by atoms with van der Waals surface area (Å²) in [5.74, 6) is 0.997. The maximum atomic E-state index is 12.8. The quantitative estimate of drug-likeness (QED) is 0.420. The highest BCUT2D eigenvalue weighted by Gasteiger charge is 2.29. The van der Waals surface area contributed by atoms with Crippen molar-refractivity contribution in [3.63, 3.8) is 0 Å². The molecule has 0 unspecified atom stereocenters. The molecule has 0 amide bonds. The Morgan fingerprint density at radius 3 is 2.29 bits per heavy atom. The summed E-state index contributed by atoms with van der Waals surface area (Å²) in [5, 5.41) is 14.8. The van der Waals surface area contributed by atoms with Gasteiger partial charge in [-0.15, -0.1) is 0 Å². The van der Waals surface area contributed by atoms with Crippen molar-refractivity contribution < 1.29 is 17.9 Å². The van der Waals surface area contributed by atoms with E-state index in [9.17, 15) is 18.5 Å². The van der Waals surface area contributed by atoms with Crippen LogP contribution in [0, 0.1) is 17.0 Å². The average molecular weight is 443 g/mol. The van der Waals surface area contributed by atoms with Crippen LogP contribution in [0.4, 0.5) is 5.69 Å². The van der Waals surface area contributed by atoms with Gasteiger partial charge in [0.25, 0.3) is 5.69 Å². The minimum Gasteiger partial charge on any atom is -0.338 e. The molecule has 1 aliphatic rings. The van der Waals surface area contributed by atoms with E-state index in [1.54, 1.807) is 0 Å². The van der Waals surface area contributed by atoms with E-state index in [1.165, 1.54) is 28.6 Å². The minimum absolute atomic E-state index is 0.0474. The van der Waals surface area contributed by atoms with Crippen LogP contribution >= 0.6 is 0 Å². The molecule has 31 heavy (non-hydrogen) atoms. The van der Waals surface area contributed by atoms with E-state index < -0.39 is 14.9 Å². The Bertz CT molecular complexity index is 1170. The van der Waals surface area contributed by atoms with E-state index in [2.05, 4.69) is 10.1 Å². The van der Waals surface area contributed by atoms with Gasteiger partial charge in [-0.1, -0.05) is 35.0 Å². The van der Waals surface area contributed by atoms with Crippen molar-refractivity contribution >= 4 is 15.7 Å². The van der Waals surface area contributed by atoms with Crippen LogP contribution in [0.3, 0.4) is 0 Å². The molecule has 1 saturated heterocycles. The van der Waals surface area contributed by atoms with Crippen molar-refractivity contribution in [2.24, 2.45) is 0 Å². The van der Waals surface area contributed by atoms with Gasteiger partial charge in [-0.05, 0) is 19.1 Å². The molecule has 0 saturated carbocycles. The smallest absolute Gasteiger partial charge is 0.269 e. The van der Waals surface area contributed by atoms with Gasteiger partial charge in [-0.2, -0.15) is 9.29 Å². The maximum Gasteiger partial charge on any atom is 0.269 e. The number of hydrogen-bond donors (Lipinski definition) is 0. The molecule has 0 bridgehead atoms. The van der Waals surface area contributed by atoms with Gasteiger partial charge < -0.3 is 4.52 Å². The molecule has 1 aromatic heterocycles. The topological polar surface area (TPSA) is 123 Å². The zero-order valence-electron chi connectivity index (χ0n) is 16.8. The predicted molar refractivity (Wildman–Crippen MR) is 112 cm³/mol. The zero-order valence-corrected chi connectivity index (χ0v) is 17.7. The molecular weight excluding hydrogens is 422 g/mol. The van der Waals surface area contributed by atoms with E-state index in [-0.39, 0.29) is 10.6 Å². The van der Waals surface area contributed by atoms with Crippen molar-refractivity contribution in [3.8, 4) is 11.4 Å². The second-order valence-electron chi connectivity index (χ2n) is 7.31. The lowest BCUT2D eigenvalue weighted by molar-refractivity contribution is -0.384. The lowest BCUT2D eigenvalue weighted by atomic mass is 10.1. The van der Waals surface area contributed by atoms with E-state index >= 15 is 0 Å². The van der Waals surface area contributed by atoms with Gasteiger partial charge in [-0.25, -0.2) is 8.42 Å². The largest absolute Gasteiger partial charge is 0.338 e. The summed E-state index contributed by atoms with van der Waals surface area (Å²) in [6.07, 6.45) is 0. The molecule has 2 aromatic carbocycles. The standard InChI is InChI=1S/C20H21N5O5S/c1-15-2-4-16(5-3-15)20-21-19(30-22-20)14-23-10-12-24(13-11-23)31(28,29)18-8-6-17(7-9-18)25(26)27/h2-9H,10-14H2,1H3. The fourth-order valence-corrected chi connectivity index (χ4v) is 4.77. The lowest BCUT2D eigenvalue weighted by Gasteiger charge is -2.33. The number of rotatable bonds is 6. The van der Waals surface area contributed by atoms with Crippen molar-refractivity contribution in [3.05, 3.63) is 70.1 Å². The third-order valence-electron chi connectivity index (χ3n) is 5.15. The molecule has 0 radical (unpaired) electrons. The molecular formula is C20H21N5O5S. The monoisotopic (exact) mass is 443 g/mol. The first-order valence-corrected chi connectivity index (χ1v) is 11.1. The fraction of sp³-hybridized carbons (Fsp3) is 0.300. The molecule has 0 atom stereocenters. The van der Waals surface area contributed by atoms with Crippen molar-refractivity contribution in [1.29, 1.82) is 0 Å². The number of benzene rings is 2. The molecule has 4 rings (SSSR count). The van der Waals surface area contributed by atoms with Crippen LogP contribution in [0.5, 0.6) is 0 Å². The molecule has 10 nitrogen and oxygen atoms in total. The first-order valence-electron chi connectivity index (χ1n) is 9.69. The van der Waals surface area contributed by atoms with Crippen LogP contribution in [0.15, 0.2) is 57.9 Å². The molecule has 1 aliphatic heterocycles. The van der Waals surface area contributed by atoms with Gasteiger partial charge in [0.2, 0.25) is 21.7 Å². The summed E-state index contributed by atoms with van der Waals surface area (Å²) in [7, 11) is -3.70. The Hall–Kier alpha value is -3.15. The number of nitrogens with zero attached hydrogens (tertiary/aromatic N) is 5. The van der Waals surface area contributed by atoms with Gasteiger partial charge in [0.15, 0.2) is 0 Å². The highest BCUT2D eigenvalue weighted by molar-refractivity contribution is 7.89. The summed E-state index contributed by atoms with van der Waals surface area (Å²) in [5.41, 5.74) is 1.88. The van der Waals surface area contributed by atoms with Gasteiger partial charge in [0, 0.05) is 43.9 Å². The van der Waals surface area contributed by atoms with Gasteiger partial charge >= 0.3 is 0 Å². The Labute approximate surface area is 179 Å². The SMILES string of the molecule is Cc1ccc(-c2noc(CN3CCN(S(=O)(=O)c4ccc([N+](=O)[O-])cc4)CC3)n2)cc1. The van der Waals surface area contributed by atoms with E-state index in [0.717, 1.165) is 11.1 Å². The number of non-ortho nitro benzene ring substituents is 1. The second-order valence-corrected chi connectivity index (χ2v) is 9.25. The summed E-state index contributed by atoms with van der Waals surface area (Å²) in [6.45, 7) is 4.07. The number of nitro benzene ring substituents is 1. The van der Waals surface area contributed by atoms with Crippen molar-refractivity contribution in [2.45, 2.75) is 18.4 Å². The minimum atomic E-state index is -3.70. The highest BCUT2D eigenvalue weighted by atomic mass is 32.2. The van der Waals surface area contributed by atoms with Crippen LogP contribution < -0.4 is 0 Å². The Balaban J connectivity index is 1.36. The summed E-state index contributed by atoms with van der Waals surface area (Å²) in [6, 6.07) is 12.8. The third kappa shape index (κ3) is 4.63. The van der Waals surface area contributed by atoms with Crippen molar-refractivity contribution in [1.82, 2.24) is 19.3 Å². The van der Waals surface area contributed by atoms with Crippen LogP contribution in [0.2, 0.25) is 0 Å². The Kier molecular flexibility index (Phi) is 5.81. The zero-order chi connectivity index (χ0) is 22.0. The first-order chi connectivity index (χ1) is 14.8. The van der Waals surface area contributed by atoms with Crippen LogP contribution in [0.1, 0.15) is 11.5 Å². The molecule has 3 aromatic rings. The summed E-state index contributed by atoms with van der Waals surface area (Å²) in [4.78, 5) is 16.7. The molecule has 0 N–H and O–H groups in total. The Morgan fingerprint density at radius 2 is 1.68 bits per heavy atom. The molecule has 162 valence electrons. The predicted octanol–water partition coefficient (Wildman–Crippen LogP) is 2.46. The molecule has 11 heteroatoms. The van der Waals surface area contributed by atoms with Crippen LogP contribution in [-0.2, 0) is 16.6 Å². The number of piperazine rings is 1. The van der Waals surface area contributed by atoms with Crippen LogP contribution in [-0.4, -0.2) is 58.9 Å². The average Bonchev–Trinajstić information content (AvgIpc) is 3.23. The van der Waals surface area contributed by atoms with E-state index in [4.69, 9.17) is 4.52 Å². The molecule has 1 fully saturated rings. The number of nitro groups is 1. The molecule has 0 spiro atoms. The highest BCUT2D eigenvalue weighted by Crippen LogP contribution is 2.22. The number of hydrogen-bond acceptors (Lipinski definition) is 8. The maximum absolute atomic E-state index is 12.8. The van der Waals surface area contributed by atoms with E-state index in [0.29, 0.717) is 44.4 Å². The van der Waals surface area contributed by atoms with E-state index in [1.807, 2.05) is 36.1 Å². The normalized spacial score (nSPS) is 15.8. The number of sulfonamides is 1. The number of aryl methyl sites for hydroxylation is 1. The van der Waals surface area contributed by atoms with Gasteiger partial charge in [0.05, 0.1) is 16.4 Å². The first kappa shape index (κ1) is 21.1. The summed E-state index contributed by atoms with van der Waals surface area (Å²) < 4.78 is 32.4. The van der Waals surface area contributed by atoms with Gasteiger partial charge in [0.1, 0.15) is 0 Å². The Morgan fingerprint density at radius 1 is 1.03 bits per heavy atom. The van der Waals surface area contributed by atoms with Crippen molar-refractivity contribution in [2.75, 3.05) is 26.2 Å².